The zero-order chi connectivity index (χ0) is 18.8. The molecule has 2 aromatic rings. The molecule has 0 spiro atoms. The van der Waals surface area contributed by atoms with E-state index in [0.29, 0.717) is 11.3 Å². The number of rotatable bonds is 3. The average Bonchev–Trinajstić information content (AvgIpc) is 2.51. The highest BCUT2D eigenvalue weighted by atomic mass is 35.6. The first-order valence-corrected chi connectivity index (χ1v) is 8.73. The van der Waals surface area contributed by atoms with Crippen molar-refractivity contribution >= 4 is 81.8 Å². The van der Waals surface area contributed by atoms with Gasteiger partial charge in [0.25, 0.3) is 0 Å². The molecular weight excluding hydrogens is 455 g/mol. The summed E-state index contributed by atoms with van der Waals surface area (Å²) in [4.78, 5) is 11.9. The summed E-state index contributed by atoms with van der Waals surface area (Å²) in [5.41, 5.74) is 0.643. The second-order valence-corrected chi connectivity index (χ2v) is 9.16. The number of hydrogen-bond donors (Lipinski definition) is 1. The van der Waals surface area contributed by atoms with Crippen LogP contribution in [0.15, 0.2) is 18.2 Å². The molecular formula is C14H9Cl6N3O2. The summed E-state index contributed by atoms with van der Waals surface area (Å²) in [6.07, 6.45) is 3.10. The van der Waals surface area contributed by atoms with Crippen molar-refractivity contribution in [2.24, 2.45) is 0 Å². The third-order valence-electron chi connectivity index (χ3n) is 2.79. The van der Waals surface area contributed by atoms with Gasteiger partial charge in [-0.2, -0.15) is 0 Å². The molecule has 0 aliphatic rings. The van der Waals surface area contributed by atoms with E-state index in [2.05, 4.69) is 15.0 Å². The molecule has 25 heavy (non-hydrogen) atoms. The molecule has 134 valence electrons. The Hall–Kier alpha value is -0.690. The summed E-state index contributed by atoms with van der Waals surface area (Å²) in [7, 11) is 1.45. The van der Waals surface area contributed by atoms with Crippen LogP contribution in [0.3, 0.4) is 0 Å². The molecule has 2 rings (SSSR count). The normalized spacial score (nSPS) is 12.6. The molecule has 0 bridgehead atoms. The molecule has 1 N–H and O–H groups in total. The summed E-state index contributed by atoms with van der Waals surface area (Å²) in [6.45, 7) is 0. The molecule has 0 saturated carbocycles. The second kappa shape index (κ2) is 7.91. The minimum absolute atomic E-state index is 0.0238. The van der Waals surface area contributed by atoms with Crippen LogP contribution in [-0.4, -0.2) is 27.2 Å². The van der Waals surface area contributed by atoms with E-state index < -0.39 is 7.59 Å². The number of aromatic nitrogens is 3. The summed E-state index contributed by atoms with van der Waals surface area (Å²) >= 11 is 34.8. The summed E-state index contributed by atoms with van der Waals surface area (Å²) in [5, 5.41) is 9.79. The molecule has 0 unspecified atom stereocenters. The van der Waals surface area contributed by atoms with Crippen LogP contribution in [0.1, 0.15) is 23.0 Å². The van der Waals surface area contributed by atoms with Crippen molar-refractivity contribution in [2.45, 2.75) is 7.59 Å². The average molecular weight is 464 g/mol. The molecule has 0 fully saturated rings. The van der Waals surface area contributed by atoms with Crippen molar-refractivity contribution in [2.75, 3.05) is 7.11 Å². The number of phenolic OH excluding ortho intramolecular Hbond substituents is 1. The first-order valence-electron chi connectivity index (χ1n) is 6.46. The van der Waals surface area contributed by atoms with E-state index in [0.717, 1.165) is 0 Å². The van der Waals surface area contributed by atoms with Gasteiger partial charge in [0, 0.05) is 0 Å². The number of nitrogens with zero attached hydrogens (tertiary/aromatic N) is 3. The highest BCUT2D eigenvalue weighted by Crippen LogP contribution is 2.40. The predicted octanol–water partition coefficient (Wildman–Crippen LogP) is 5.41. The van der Waals surface area contributed by atoms with E-state index in [1.165, 1.54) is 19.3 Å². The SMILES string of the molecule is COc1ccc(C=Cc2nc(C(Cl)(Cl)Cl)nc(C(Cl)(Cl)Cl)n2)cc1O. The van der Waals surface area contributed by atoms with Gasteiger partial charge in [0.15, 0.2) is 29.0 Å². The Bertz CT molecular complexity index is 770. The fraction of sp³-hybridized carbons (Fsp3) is 0.214. The van der Waals surface area contributed by atoms with E-state index in [-0.39, 0.29) is 23.2 Å². The molecule has 0 aliphatic heterocycles. The van der Waals surface area contributed by atoms with Crippen molar-refractivity contribution in [1.82, 2.24) is 15.0 Å². The topological polar surface area (TPSA) is 68.1 Å². The number of phenols is 1. The highest BCUT2D eigenvalue weighted by Gasteiger charge is 2.33. The standard InChI is InChI=1S/C14H9Cl6N3O2/c1-25-9-4-2-7(6-8(9)24)3-5-10-21-11(13(15,16)17)23-12(22-10)14(18,19)20/h2-6,24H,1H3. The Morgan fingerprint density at radius 3 is 1.92 bits per heavy atom. The van der Waals surface area contributed by atoms with E-state index in [1.54, 1.807) is 18.2 Å². The largest absolute Gasteiger partial charge is 0.504 e. The number of halogens is 6. The van der Waals surface area contributed by atoms with Gasteiger partial charge in [-0.25, -0.2) is 15.0 Å². The number of methoxy groups -OCH3 is 1. The van der Waals surface area contributed by atoms with Crippen LogP contribution in [0.4, 0.5) is 0 Å². The zero-order valence-electron chi connectivity index (χ0n) is 12.4. The summed E-state index contributed by atoms with van der Waals surface area (Å²) < 4.78 is 1.13. The Balaban J connectivity index is 2.43. The molecule has 0 atom stereocenters. The number of ether oxygens (including phenoxy) is 1. The second-order valence-electron chi connectivity index (χ2n) is 4.60. The number of alkyl halides is 6. The monoisotopic (exact) mass is 461 g/mol. The lowest BCUT2D eigenvalue weighted by atomic mass is 10.2. The molecule has 0 radical (unpaired) electrons. The van der Waals surface area contributed by atoms with Crippen LogP contribution in [-0.2, 0) is 7.59 Å². The van der Waals surface area contributed by atoms with Crippen molar-refractivity contribution in [3.05, 3.63) is 41.2 Å². The molecule has 0 saturated heterocycles. The van der Waals surface area contributed by atoms with Crippen molar-refractivity contribution in [3.63, 3.8) is 0 Å². The minimum atomic E-state index is -1.92. The van der Waals surface area contributed by atoms with Crippen LogP contribution >= 0.6 is 69.6 Å². The minimum Gasteiger partial charge on any atom is -0.504 e. The zero-order valence-corrected chi connectivity index (χ0v) is 16.9. The van der Waals surface area contributed by atoms with Gasteiger partial charge in [-0.05, 0) is 23.8 Å². The van der Waals surface area contributed by atoms with Crippen LogP contribution < -0.4 is 4.74 Å². The van der Waals surface area contributed by atoms with E-state index in [1.807, 2.05) is 0 Å². The van der Waals surface area contributed by atoms with Crippen molar-refractivity contribution < 1.29 is 9.84 Å². The van der Waals surface area contributed by atoms with Gasteiger partial charge >= 0.3 is 0 Å². The summed E-state index contributed by atoms with van der Waals surface area (Å²) in [5.74, 6) is 0.0450. The Labute approximate surface area is 173 Å². The quantitative estimate of drug-likeness (QED) is 0.616. The van der Waals surface area contributed by atoms with Crippen LogP contribution in [0.2, 0.25) is 0 Å². The Kier molecular flexibility index (Phi) is 6.52. The number of aromatic hydroxyl groups is 1. The maximum absolute atomic E-state index is 9.79. The molecule has 11 heteroatoms. The predicted molar refractivity (Wildman–Crippen MR) is 102 cm³/mol. The lowest BCUT2D eigenvalue weighted by Crippen LogP contribution is -2.16. The van der Waals surface area contributed by atoms with E-state index in [4.69, 9.17) is 74.3 Å². The third-order valence-corrected chi connectivity index (χ3v) is 3.80. The lowest BCUT2D eigenvalue weighted by Gasteiger charge is -2.14. The van der Waals surface area contributed by atoms with Crippen LogP contribution in [0.25, 0.3) is 12.2 Å². The molecule has 0 aliphatic carbocycles. The molecule has 1 heterocycles. The molecule has 5 nitrogen and oxygen atoms in total. The number of benzene rings is 1. The lowest BCUT2D eigenvalue weighted by molar-refractivity contribution is 0.373. The van der Waals surface area contributed by atoms with E-state index >= 15 is 0 Å². The van der Waals surface area contributed by atoms with Crippen LogP contribution in [0.5, 0.6) is 11.5 Å². The fourth-order valence-electron chi connectivity index (χ4n) is 1.70. The Morgan fingerprint density at radius 2 is 1.48 bits per heavy atom. The molecule has 0 amide bonds. The number of hydrogen-bond acceptors (Lipinski definition) is 5. The molecule has 1 aromatic carbocycles. The van der Waals surface area contributed by atoms with Crippen LogP contribution in [0, 0.1) is 0 Å². The first kappa shape index (κ1) is 20.6. The van der Waals surface area contributed by atoms with Gasteiger partial charge in [0.2, 0.25) is 7.59 Å². The van der Waals surface area contributed by atoms with Gasteiger partial charge in [-0.1, -0.05) is 81.7 Å². The first-order chi connectivity index (χ1) is 11.5. The van der Waals surface area contributed by atoms with Gasteiger partial charge < -0.3 is 9.84 Å². The highest BCUT2D eigenvalue weighted by molar-refractivity contribution is 6.67. The van der Waals surface area contributed by atoms with E-state index in [9.17, 15) is 5.11 Å². The fourth-order valence-corrected chi connectivity index (χ4v) is 2.21. The van der Waals surface area contributed by atoms with Crippen molar-refractivity contribution in [3.8, 4) is 11.5 Å². The van der Waals surface area contributed by atoms with Gasteiger partial charge in [0.05, 0.1) is 7.11 Å². The van der Waals surface area contributed by atoms with Gasteiger partial charge in [-0.3, -0.25) is 0 Å². The smallest absolute Gasteiger partial charge is 0.250 e. The third kappa shape index (κ3) is 5.64. The maximum atomic E-state index is 9.79. The maximum Gasteiger partial charge on any atom is 0.250 e. The Morgan fingerprint density at radius 1 is 0.920 bits per heavy atom. The van der Waals surface area contributed by atoms with Gasteiger partial charge in [0.1, 0.15) is 0 Å². The van der Waals surface area contributed by atoms with Crippen molar-refractivity contribution in [1.29, 1.82) is 0 Å². The van der Waals surface area contributed by atoms with Gasteiger partial charge in [-0.15, -0.1) is 0 Å². The molecule has 1 aromatic heterocycles. The summed E-state index contributed by atoms with van der Waals surface area (Å²) in [6, 6.07) is 4.80.